The first-order valence-corrected chi connectivity index (χ1v) is 11.7. The standard InChI is InChI=1S/C25H25Cl2N3O2/c1-31-9-8-24-29-23-14-28-22-5-3-17(18-2-4-20(26)21(27)13-18)12-19(22)25(23)30(24)15-16-6-10-32-11-7-16/h2-5,12-14,16H,6-11,15H2,1H3. The second kappa shape index (κ2) is 9.36. The molecule has 4 aromatic rings. The maximum Gasteiger partial charge on any atom is 0.112 e. The third-order valence-electron chi connectivity index (χ3n) is 6.22. The molecule has 1 aliphatic heterocycles. The van der Waals surface area contributed by atoms with Crippen molar-refractivity contribution in [1.29, 1.82) is 0 Å². The van der Waals surface area contributed by atoms with Crippen LogP contribution in [0.1, 0.15) is 18.7 Å². The van der Waals surface area contributed by atoms with Crippen LogP contribution in [0.3, 0.4) is 0 Å². The fraction of sp³-hybridized carbons (Fsp3) is 0.360. The van der Waals surface area contributed by atoms with Gasteiger partial charge in [-0.15, -0.1) is 0 Å². The topological polar surface area (TPSA) is 49.2 Å². The van der Waals surface area contributed by atoms with Gasteiger partial charge in [0.2, 0.25) is 0 Å². The molecule has 0 bridgehead atoms. The maximum atomic E-state index is 6.28. The van der Waals surface area contributed by atoms with Crippen LogP contribution in [0, 0.1) is 5.92 Å². The predicted molar refractivity (Wildman–Crippen MR) is 130 cm³/mol. The zero-order valence-corrected chi connectivity index (χ0v) is 19.5. The molecule has 0 saturated carbocycles. The summed E-state index contributed by atoms with van der Waals surface area (Å²) in [5.41, 5.74) is 5.10. The summed E-state index contributed by atoms with van der Waals surface area (Å²) in [6, 6.07) is 12.1. The molecule has 0 radical (unpaired) electrons. The number of pyridine rings is 1. The van der Waals surface area contributed by atoms with E-state index >= 15 is 0 Å². The summed E-state index contributed by atoms with van der Waals surface area (Å²) in [5, 5.41) is 2.19. The Morgan fingerprint density at radius 2 is 1.81 bits per heavy atom. The summed E-state index contributed by atoms with van der Waals surface area (Å²) in [6.45, 7) is 3.22. The number of fused-ring (bicyclic) bond motifs is 3. The highest BCUT2D eigenvalue weighted by Gasteiger charge is 2.20. The van der Waals surface area contributed by atoms with Crippen LogP contribution in [0.15, 0.2) is 42.6 Å². The maximum absolute atomic E-state index is 6.28. The van der Waals surface area contributed by atoms with Crippen LogP contribution in [-0.4, -0.2) is 41.5 Å². The molecular weight excluding hydrogens is 445 g/mol. The van der Waals surface area contributed by atoms with Gasteiger partial charge in [0.05, 0.1) is 33.9 Å². The van der Waals surface area contributed by atoms with Crippen molar-refractivity contribution in [2.45, 2.75) is 25.8 Å². The van der Waals surface area contributed by atoms with Crippen LogP contribution in [-0.2, 0) is 22.4 Å². The molecule has 0 N–H and O–H groups in total. The van der Waals surface area contributed by atoms with Gasteiger partial charge in [-0.2, -0.15) is 0 Å². The average Bonchev–Trinajstić information content (AvgIpc) is 3.17. The Labute approximate surface area is 197 Å². The Morgan fingerprint density at radius 1 is 1.03 bits per heavy atom. The third-order valence-corrected chi connectivity index (χ3v) is 6.95. The Hall–Kier alpha value is -2.18. The minimum Gasteiger partial charge on any atom is -0.384 e. The molecule has 1 fully saturated rings. The summed E-state index contributed by atoms with van der Waals surface area (Å²) < 4.78 is 13.3. The summed E-state index contributed by atoms with van der Waals surface area (Å²) in [5.74, 6) is 1.62. The van der Waals surface area contributed by atoms with Crippen molar-refractivity contribution in [3.63, 3.8) is 0 Å². The van der Waals surface area contributed by atoms with Gasteiger partial charge in [-0.05, 0) is 54.2 Å². The zero-order chi connectivity index (χ0) is 22.1. The Balaban J connectivity index is 1.67. The van der Waals surface area contributed by atoms with E-state index in [9.17, 15) is 0 Å². The first-order valence-electron chi connectivity index (χ1n) is 10.9. The molecule has 5 rings (SSSR count). The van der Waals surface area contributed by atoms with Crippen molar-refractivity contribution < 1.29 is 9.47 Å². The number of aromatic nitrogens is 3. The number of ether oxygens (including phenoxy) is 2. The lowest BCUT2D eigenvalue weighted by Crippen LogP contribution is -2.21. The molecule has 2 aromatic heterocycles. The minimum atomic E-state index is 0.548. The van der Waals surface area contributed by atoms with Crippen molar-refractivity contribution in [1.82, 2.24) is 14.5 Å². The normalized spacial score (nSPS) is 15.1. The van der Waals surface area contributed by atoms with Gasteiger partial charge in [0.25, 0.3) is 0 Å². The van der Waals surface area contributed by atoms with Gasteiger partial charge in [-0.1, -0.05) is 35.3 Å². The molecule has 1 saturated heterocycles. The van der Waals surface area contributed by atoms with Gasteiger partial charge in [-0.3, -0.25) is 4.98 Å². The number of nitrogens with zero attached hydrogens (tertiary/aromatic N) is 3. The van der Waals surface area contributed by atoms with E-state index in [0.29, 0.717) is 22.6 Å². The lowest BCUT2D eigenvalue weighted by atomic mass is 9.99. The van der Waals surface area contributed by atoms with Gasteiger partial charge < -0.3 is 14.0 Å². The molecule has 1 aliphatic rings. The van der Waals surface area contributed by atoms with Crippen LogP contribution in [0.25, 0.3) is 33.1 Å². The summed E-state index contributed by atoms with van der Waals surface area (Å²) in [7, 11) is 1.73. The molecule has 32 heavy (non-hydrogen) atoms. The SMILES string of the molecule is COCCc1nc2cnc3ccc(-c4ccc(Cl)c(Cl)c4)cc3c2n1CC1CCOCC1. The molecular formula is C25H25Cl2N3O2. The molecule has 0 unspecified atom stereocenters. The lowest BCUT2D eigenvalue weighted by molar-refractivity contribution is 0.0612. The van der Waals surface area contributed by atoms with Crippen molar-refractivity contribution in [3.05, 3.63) is 58.5 Å². The van der Waals surface area contributed by atoms with Crippen molar-refractivity contribution in [3.8, 4) is 11.1 Å². The predicted octanol–water partition coefficient (Wildman–Crippen LogP) is 6.17. The number of hydrogen-bond acceptors (Lipinski definition) is 4. The zero-order valence-electron chi connectivity index (χ0n) is 18.0. The highest BCUT2D eigenvalue weighted by Crippen LogP contribution is 2.33. The van der Waals surface area contributed by atoms with Crippen LogP contribution in [0.2, 0.25) is 10.0 Å². The van der Waals surface area contributed by atoms with E-state index in [1.54, 1.807) is 7.11 Å². The molecule has 166 valence electrons. The third kappa shape index (κ3) is 4.23. The van der Waals surface area contributed by atoms with Crippen LogP contribution in [0.4, 0.5) is 0 Å². The Bertz CT molecular complexity index is 1270. The average molecular weight is 470 g/mol. The molecule has 5 nitrogen and oxygen atoms in total. The first-order chi connectivity index (χ1) is 15.6. The van der Waals surface area contributed by atoms with Crippen LogP contribution < -0.4 is 0 Å². The molecule has 7 heteroatoms. The largest absolute Gasteiger partial charge is 0.384 e. The number of halogens is 2. The van der Waals surface area contributed by atoms with E-state index in [2.05, 4.69) is 27.8 Å². The highest BCUT2D eigenvalue weighted by molar-refractivity contribution is 6.42. The second-order valence-electron chi connectivity index (χ2n) is 8.29. The fourth-order valence-electron chi connectivity index (χ4n) is 4.49. The number of hydrogen-bond donors (Lipinski definition) is 0. The van der Waals surface area contributed by atoms with Crippen molar-refractivity contribution in [2.24, 2.45) is 5.92 Å². The monoisotopic (exact) mass is 469 g/mol. The van der Waals surface area contributed by atoms with Gasteiger partial charge in [0, 0.05) is 38.7 Å². The number of rotatable bonds is 6. The Morgan fingerprint density at radius 3 is 2.59 bits per heavy atom. The Kier molecular flexibility index (Phi) is 6.33. The fourth-order valence-corrected chi connectivity index (χ4v) is 4.78. The van der Waals surface area contributed by atoms with Crippen LogP contribution in [0.5, 0.6) is 0 Å². The smallest absolute Gasteiger partial charge is 0.112 e. The van der Waals surface area contributed by atoms with E-state index in [1.165, 1.54) is 0 Å². The lowest BCUT2D eigenvalue weighted by Gasteiger charge is -2.23. The van der Waals surface area contributed by atoms with Gasteiger partial charge in [-0.25, -0.2) is 4.98 Å². The van der Waals surface area contributed by atoms with Gasteiger partial charge in [0.1, 0.15) is 11.3 Å². The summed E-state index contributed by atoms with van der Waals surface area (Å²) >= 11 is 12.4. The van der Waals surface area contributed by atoms with E-state index in [1.807, 2.05) is 24.4 Å². The van der Waals surface area contributed by atoms with E-state index in [0.717, 1.165) is 77.9 Å². The van der Waals surface area contributed by atoms with Crippen molar-refractivity contribution >= 4 is 45.1 Å². The molecule has 0 spiro atoms. The molecule has 0 atom stereocenters. The van der Waals surface area contributed by atoms with E-state index in [-0.39, 0.29) is 0 Å². The summed E-state index contributed by atoms with van der Waals surface area (Å²) in [4.78, 5) is 9.63. The van der Waals surface area contributed by atoms with Gasteiger partial charge >= 0.3 is 0 Å². The first kappa shape index (κ1) is 21.7. The summed E-state index contributed by atoms with van der Waals surface area (Å²) in [6.07, 6.45) is 4.79. The highest BCUT2D eigenvalue weighted by atomic mass is 35.5. The minimum absolute atomic E-state index is 0.548. The van der Waals surface area contributed by atoms with E-state index in [4.69, 9.17) is 37.7 Å². The van der Waals surface area contributed by atoms with Gasteiger partial charge in [0.15, 0.2) is 0 Å². The molecule has 0 aliphatic carbocycles. The van der Waals surface area contributed by atoms with Crippen LogP contribution >= 0.6 is 23.2 Å². The van der Waals surface area contributed by atoms with Crippen molar-refractivity contribution in [2.75, 3.05) is 26.9 Å². The molecule has 2 aromatic carbocycles. The number of imidazole rings is 1. The van der Waals surface area contributed by atoms with E-state index < -0.39 is 0 Å². The number of methoxy groups -OCH3 is 1. The number of benzene rings is 2. The quantitative estimate of drug-likeness (QED) is 0.338. The molecule has 0 amide bonds. The molecule has 3 heterocycles. The second-order valence-corrected chi connectivity index (χ2v) is 9.10.